The number of nitrogens with two attached hydrogens (primary N) is 1. The van der Waals surface area contributed by atoms with Crippen LogP contribution in [0.15, 0.2) is 12.4 Å². The van der Waals surface area contributed by atoms with Crippen LogP contribution >= 0.6 is 0 Å². The van der Waals surface area contributed by atoms with Crippen LogP contribution in [0.25, 0.3) is 0 Å². The second kappa shape index (κ2) is 5.79. The largest absolute Gasteiger partial charge is 0.383 e. The van der Waals surface area contributed by atoms with Crippen molar-refractivity contribution in [2.75, 3.05) is 11.1 Å². The third kappa shape index (κ3) is 2.56. The summed E-state index contributed by atoms with van der Waals surface area (Å²) in [5.41, 5.74) is 9.41. The van der Waals surface area contributed by atoms with Crippen molar-refractivity contribution in [2.45, 2.75) is 57.8 Å². The molecule has 2 aliphatic carbocycles. The van der Waals surface area contributed by atoms with E-state index < -0.39 is 0 Å². The van der Waals surface area contributed by atoms with Gasteiger partial charge in [-0.1, -0.05) is 19.3 Å². The molecular formula is C19H23N5O. The predicted molar refractivity (Wildman–Crippen MR) is 97.1 cm³/mol. The summed E-state index contributed by atoms with van der Waals surface area (Å²) in [6.07, 6.45) is 7.76. The van der Waals surface area contributed by atoms with Crippen LogP contribution in [0.3, 0.4) is 0 Å². The highest BCUT2D eigenvalue weighted by Crippen LogP contribution is 2.49. The van der Waals surface area contributed by atoms with Gasteiger partial charge in [0.15, 0.2) is 5.78 Å². The molecule has 0 bridgehead atoms. The van der Waals surface area contributed by atoms with Crippen molar-refractivity contribution in [3.63, 3.8) is 0 Å². The molecule has 2 heterocycles. The van der Waals surface area contributed by atoms with Crippen molar-refractivity contribution >= 4 is 23.2 Å². The number of aromatic nitrogens is 3. The minimum Gasteiger partial charge on any atom is -0.383 e. The number of Topliss-reactive ketones (excluding diaryl/α,β-unsaturated/α-hetero) is 1. The first-order chi connectivity index (χ1) is 12.0. The van der Waals surface area contributed by atoms with Gasteiger partial charge in [-0.2, -0.15) is 0 Å². The second-order valence-corrected chi connectivity index (χ2v) is 7.35. The fourth-order valence-corrected chi connectivity index (χ4v) is 4.31. The van der Waals surface area contributed by atoms with Crippen molar-refractivity contribution in [1.82, 2.24) is 15.0 Å². The van der Waals surface area contributed by atoms with E-state index in [0.29, 0.717) is 18.1 Å². The van der Waals surface area contributed by atoms with E-state index in [1.807, 2.05) is 19.9 Å². The van der Waals surface area contributed by atoms with Crippen molar-refractivity contribution in [3.8, 4) is 0 Å². The molecule has 2 aromatic rings. The smallest absolute Gasteiger partial charge is 0.165 e. The molecule has 0 saturated heterocycles. The zero-order chi connectivity index (χ0) is 17.6. The third-order valence-electron chi connectivity index (χ3n) is 5.68. The predicted octanol–water partition coefficient (Wildman–Crippen LogP) is 3.60. The number of carbonyl (C=O) groups excluding carboxylic acids is 1. The molecule has 3 N–H and O–H groups in total. The van der Waals surface area contributed by atoms with Gasteiger partial charge in [0.25, 0.3) is 0 Å². The minimum atomic E-state index is -0.0626. The fourth-order valence-electron chi connectivity index (χ4n) is 4.31. The Labute approximate surface area is 147 Å². The molecule has 6 nitrogen and oxygen atoms in total. The molecule has 0 unspecified atom stereocenters. The van der Waals surface area contributed by atoms with Crippen LogP contribution in [0.4, 0.5) is 17.5 Å². The molecular weight excluding hydrogens is 314 g/mol. The average molecular weight is 337 g/mol. The number of aryl methyl sites for hydroxylation is 1. The number of anilines is 3. The third-order valence-corrected chi connectivity index (χ3v) is 5.68. The molecule has 6 heteroatoms. The van der Waals surface area contributed by atoms with E-state index in [2.05, 4.69) is 15.3 Å². The molecule has 130 valence electrons. The van der Waals surface area contributed by atoms with Gasteiger partial charge in [0.05, 0.1) is 5.69 Å². The molecule has 1 saturated carbocycles. The Kier molecular flexibility index (Phi) is 3.71. The van der Waals surface area contributed by atoms with E-state index in [4.69, 9.17) is 10.7 Å². The monoisotopic (exact) mass is 337 g/mol. The van der Waals surface area contributed by atoms with Crippen molar-refractivity contribution < 1.29 is 4.79 Å². The maximum absolute atomic E-state index is 12.6. The lowest BCUT2D eigenvalue weighted by molar-refractivity contribution is 0.0961. The molecule has 0 atom stereocenters. The summed E-state index contributed by atoms with van der Waals surface area (Å²) in [6, 6.07) is 1.93. The first-order valence-corrected chi connectivity index (χ1v) is 8.90. The van der Waals surface area contributed by atoms with Crippen LogP contribution in [-0.4, -0.2) is 20.7 Å². The van der Waals surface area contributed by atoms with Gasteiger partial charge in [-0.05, 0) is 38.3 Å². The van der Waals surface area contributed by atoms with E-state index in [1.165, 1.54) is 25.6 Å². The molecule has 0 aliphatic heterocycles. The van der Waals surface area contributed by atoms with Gasteiger partial charge < -0.3 is 11.1 Å². The second-order valence-electron chi connectivity index (χ2n) is 7.35. The SMILES string of the molecule is Cc1cc(Nc2ncnc(N)c2C)nc2c1C(=O)CC21CCCCC1. The number of pyridine rings is 1. The lowest BCUT2D eigenvalue weighted by atomic mass is 9.72. The summed E-state index contributed by atoms with van der Waals surface area (Å²) in [4.78, 5) is 25.8. The van der Waals surface area contributed by atoms with Crippen LogP contribution in [-0.2, 0) is 5.41 Å². The molecule has 0 radical (unpaired) electrons. The number of fused-ring (bicyclic) bond motifs is 2. The van der Waals surface area contributed by atoms with Crippen molar-refractivity contribution in [2.24, 2.45) is 0 Å². The molecule has 25 heavy (non-hydrogen) atoms. The van der Waals surface area contributed by atoms with Gasteiger partial charge in [0.2, 0.25) is 0 Å². The number of ketones is 1. The summed E-state index contributed by atoms with van der Waals surface area (Å²) in [6.45, 7) is 3.87. The van der Waals surface area contributed by atoms with E-state index >= 15 is 0 Å². The van der Waals surface area contributed by atoms with Crippen LogP contribution in [0.2, 0.25) is 0 Å². The maximum Gasteiger partial charge on any atom is 0.165 e. The summed E-state index contributed by atoms with van der Waals surface area (Å²) >= 11 is 0. The highest BCUT2D eigenvalue weighted by atomic mass is 16.1. The number of nitrogens with zero attached hydrogens (tertiary/aromatic N) is 3. The van der Waals surface area contributed by atoms with Gasteiger partial charge in [-0.15, -0.1) is 0 Å². The Bertz CT molecular complexity index is 855. The molecule has 1 spiro atoms. The van der Waals surface area contributed by atoms with Crippen LogP contribution in [0, 0.1) is 13.8 Å². The average Bonchev–Trinajstić information content (AvgIpc) is 2.85. The quantitative estimate of drug-likeness (QED) is 0.869. The summed E-state index contributed by atoms with van der Waals surface area (Å²) in [5, 5.41) is 3.27. The zero-order valence-corrected chi connectivity index (χ0v) is 14.7. The molecule has 1 fully saturated rings. The highest BCUT2D eigenvalue weighted by Gasteiger charge is 2.46. The normalized spacial score (nSPS) is 18.4. The number of hydrogen-bond donors (Lipinski definition) is 2. The standard InChI is InChI=1S/C19H23N5O/c1-11-8-14(24-18-12(2)17(20)21-10-22-18)23-16-15(11)13(25)9-19(16)6-4-3-5-7-19/h8,10H,3-7,9H2,1-2H3,(H3,20,21,22,23,24). The molecule has 4 rings (SSSR count). The molecule has 2 aromatic heterocycles. The van der Waals surface area contributed by atoms with Gasteiger partial charge >= 0.3 is 0 Å². The number of rotatable bonds is 2. The Morgan fingerprint density at radius 2 is 1.92 bits per heavy atom. The zero-order valence-electron chi connectivity index (χ0n) is 14.7. The fraction of sp³-hybridized carbons (Fsp3) is 0.474. The molecule has 0 aromatic carbocycles. The van der Waals surface area contributed by atoms with E-state index in [1.54, 1.807) is 0 Å². The highest BCUT2D eigenvalue weighted by molar-refractivity contribution is 6.03. The number of hydrogen-bond acceptors (Lipinski definition) is 6. The molecule has 0 amide bonds. The number of nitrogens with one attached hydrogen (secondary N) is 1. The van der Waals surface area contributed by atoms with Gasteiger partial charge in [-0.3, -0.25) is 4.79 Å². The Balaban J connectivity index is 1.77. The Morgan fingerprint density at radius 1 is 1.16 bits per heavy atom. The minimum absolute atomic E-state index is 0.0626. The Hall–Kier alpha value is -2.50. The van der Waals surface area contributed by atoms with Crippen LogP contribution in [0.5, 0.6) is 0 Å². The van der Waals surface area contributed by atoms with E-state index in [9.17, 15) is 4.79 Å². The van der Waals surface area contributed by atoms with Crippen molar-refractivity contribution in [1.29, 1.82) is 0 Å². The number of nitrogen functional groups attached to an aromatic ring is 1. The first kappa shape index (κ1) is 16.0. The summed E-state index contributed by atoms with van der Waals surface area (Å²) in [7, 11) is 0. The summed E-state index contributed by atoms with van der Waals surface area (Å²) < 4.78 is 0. The van der Waals surface area contributed by atoms with Gasteiger partial charge in [-0.25, -0.2) is 15.0 Å². The van der Waals surface area contributed by atoms with Crippen LogP contribution < -0.4 is 11.1 Å². The lowest BCUT2D eigenvalue weighted by Gasteiger charge is -2.33. The number of carbonyl (C=O) groups is 1. The summed E-state index contributed by atoms with van der Waals surface area (Å²) in [5.74, 6) is 2.07. The van der Waals surface area contributed by atoms with E-state index in [-0.39, 0.29) is 11.2 Å². The maximum atomic E-state index is 12.6. The van der Waals surface area contributed by atoms with Gasteiger partial charge in [0, 0.05) is 23.0 Å². The Morgan fingerprint density at radius 3 is 2.68 bits per heavy atom. The topological polar surface area (TPSA) is 93.8 Å². The van der Waals surface area contributed by atoms with Gasteiger partial charge in [0.1, 0.15) is 23.8 Å². The molecule has 2 aliphatic rings. The van der Waals surface area contributed by atoms with E-state index in [0.717, 1.165) is 41.0 Å². The van der Waals surface area contributed by atoms with Crippen molar-refractivity contribution in [3.05, 3.63) is 34.8 Å². The first-order valence-electron chi connectivity index (χ1n) is 8.90. The van der Waals surface area contributed by atoms with Crippen LogP contribution in [0.1, 0.15) is 65.7 Å². The lowest BCUT2D eigenvalue weighted by Crippen LogP contribution is -2.27.